The Morgan fingerprint density at radius 1 is 1.46 bits per heavy atom. The number of hydrogen-bond donors (Lipinski definition) is 2. The highest BCUT2D eigenvalue weighted by Gasteiger charge is 2.14. The van der Waals surface area contributed by atoms with Crippen molar-refractivity contribution in [3.05, 3.63) is 47.3 Å². The summed E-state index contributed by atoms with van der Waals surface area (Å²) in [4.78, 5) is 16.6. The van der Waals surface area contributed by atoms with Gasteiger partial charge in [-0.2, -0.15) is 10.4 Å². The van der Waals surface area contributed by atoms with Crippen LogP contribution in [-0.4, -0.2) is 27.7 Å². The predicted octanol–water partition coefficient (Wildman–Crippen LogP) is 2.77. The SMILES string of the molecule is Cc1c(/C=N\NC(=O)[C@@H](C)Nc2nc3ccccc3s2)cc(C#N)n1C. The summed E-state index contributed by atoms with van der Waals surface area (Å²) >= 11 is 1.50. The zero-order valence-corrected chi connectivity index (χ0v) is 15.5. The molecule has 1 amide bonds. The van der Waals surface area contributed by atoms with Crippen LogP contribution in [0, 0.1) is 18.3 Å². The minimum Gasteiger partial charge on any atom is -0.350 e. The number of para-hydroxylation sites is 1. The first-order chi connectivity index (χ1) is 12.5. The second kappa shape index (κ2) is 7.37. The molecule has 3 aromatic rings. The maximum Gasteiger partial charge on any atom is 0.262 e. The van der Waals surface area contributed by atoms with Gasteiger partial charge in [0, 0.05) is 18.3 Å². The predicted molar refractivity (Wildman–Crippen MR) is 103 cm³/mol. The van der Waals surface area contributed by atoms with E-state index in [0.29, 0.717) is 10.8 Å². The average molecular weight is 366 g/mol. The van der Waals surface area contributed by atoms with Crippen molar-refractivity contribution in [2.75, 3.05) is 5.32 Å². The van der Waals surface area contributed by atoms with Crippen LogP contribution in [0.2, 0.25) is 0 Å². The Bertz CT molecular complexity index is 993. The van der Waals surface area contributed by atoms with E-state index in [4.69, 9.17) is 5.26 Å². The topological polar surface area (TPSA) is 95.1 Å². The number of rotatable bonds is 5. The number of hydrazone groups is 1. The highest BCUT2D eigenvalue weighted by molar-refractivity contribution is 7.22. The van der Waals surface area contributed by atoms with Crippen molar-refractivity contribution in [1.82, 2.24) is 15.0 Å². The summed E-state index contributed by atoms with van der Waals surface area (Å²) in [7, 11) is 1.81. The summed E-state index contributed by atoms with van der Waals surface area (Å²) in [6.45, 7) is 3.64. The molecular weight excluding hydrogens is 348 g/mol. The first kappa shape index (κ1) is 17.6. The number of aromatic nitrogens is 2. The summed E-state index contributed by atoms with van der Waals surface area (Å²) in [5, 5.41) is 16.8. The van der Waals surface area contributed by atoms with Gasteiger partial charge >= 0.3 is 0 Å². The van der Waals surface area contributed by atoms with Gasteiger partial charge in [0.1, 0.15) is 17.8 Å². The maximum absolute atomic E-state index is 12.2. The van der Waals surface area contributed by atoms with Crippen LogP contribution in [0.5, 0.6) is 0 Å². The third kappa shape index (κ3) is 3.58. The molecule has 0 unspecified atom stereocenters. The van der Waals surface area contributed by atoms with Gasteiger partial charge < -0.3 is 9.88 Å². The minimum absolute atomic E-state index is 0.269. The third-order valence-electron chi connectivity index (χ3n) is 4.09. The van der Waals surface area contributed by atoms with Gasteiger partial charge in [0.2, 0.25) is 0 Å². The summed E-state index contributed by atoms with van der Waals surface area (Å²) in [6, 6.07) is 11.2. The molecule has 0 aliphatic carbocycles. The van der Waals surface area contributed by atoms with Crippen molar-refractivity contribution in [1.29, 1.82) is 5.26 Å². The van der Waals surface area contributed by atoms with Crippen LogP contribution < -0.4 is 10.7 Å². The fraction of sp³-hybridized carbons (Fsp3) is 0.222. The molecule has 0 aliphatic heterocycles. The van der Waals surface area contributed by atoms with Crippen molar-refractivity contribution in [2.45, 2.75) is 19.9 Å². The zero-order valence-electron chi connectivity index (χ0n) is 14.6. The minimum atomic E-state index is -0.487. The molecular formula is C18H18N6OS. The van der Waals surface area contributed by atoms with E-state index in [9.17, 15) is 4.79 Å². The zero-order chi connectivity index (χ0) is 18.7. The van der Waals surface area contributed by atoms with E-state index in [1.165, 1.54) is 11.3 Å². The molecule has 0 fully saturated rings. The second-order valence-electron chi connectivity index (χ2n) is 5.83. The summed E-state index contributed by atoms with van der Waals surface area (Å²) in [5.41, 5.74) is 5.65. The number of fused-ring (bicyclic) bond motifs is 1. The maximum atomic E-state index is 12.2. The molecule has 26 heavy (non-hydrogen) atoms. The van der Waals surface area contributed by atoms with Crippen LogP contribution in [0.15, 0.2) is 35.4 Å². The third-order valence-corrected chi connectivity index (χ3v) is 5.06. The van der Waals surface area contributed by atoms with Gasteiger partial charge in [-0.05, 0) is 32.0 Å². The van der Waals surface area contributed by atoms with Crippen molar-refractivity contribution in [2.24, 2.45) is 12.1 Å². The Morgan fingerprint density at radius 2 is 2.23 bits per heavy atom. The number of thiazole rings is 1. The van der Waals surface area contributed by atoms with Crippen LogP contribution in [0.3, 0.4) is 0 Å². The fourth-order valence-electron chi connectivity index (χ4n) is 2.41. The van der Waals surface area contributed by atoms with Crippen molar-refractivity contribution in [3.8, 4) is 6.07 Å². The standard InChI is InChI=1S/C18H18N6OS/c1-11(21-18-22-15-6-4-5-7-16(15)26-18)17(25)23-20-10-13-8-14(9-19)24(3)12(13)2/h4-8,10-11H,1-3H3,(H,21,22)(H,23,25)/b20-10-/t11-/m1/s1. The second-order valence-corrected chi connectivity index (χ2v) is 6.86. The summed E-state index contributed by atoms with van der Waals surface area (Å²) in [6.07, 6.45) is 1.54. The smallest absolute Gasteiger partial charge is 0.262 e. The molecule has 0 spiro atoms. The molecule has 0 saturated carbocycles. The van der Waals surface area contributed by atoms with Crippen LogP contribution in [-0.2, 0) is 11.8 Å². The van der Waals surface area contributed by atoms with E-state index in [-0.39, 0.29) is 5.91 Å². The number of anilines is 1. The molecule has 2 heterocycles. The lowest BCUT2D eigenvalue weighted by Gasteiger charge is -2.10. The largest absolute Gasteiger partial charge is 0.350 e. The normalized spacial score (nSPS) is 12.2. The Labute approximate surface area is 155 Å². The Balaban J connectivity index is 1.61. The van der Waals surface area contributed by atoms with Gasteiger partial charge in [0.05, 0.1) is 16.4 Å². The number of nitrogens with one attached hydrogen (secondary N) is 2. The summed E-state index contributed by atoms with van der Waals surface area (Å²) in [5.74, 6) is -0.269. The molecule has 0 radical (unpaired) electrons. The average Bonchev–Trinajstić information content (AvgIpc) is 3.16. The van der Waals surface area contributed by atoms with Crippen LogP contribution >= 0.6 is 11.3 Å². The Morgan fingerprint density at radius 3 is 2.92 bits per heavy atom. The molecule has 1 aromatic carbocycles. The number of amides is 1. The quantitative estimate of drug-likeness (QED) is 0.536. The van der Waals surface area contributed by atoms with Crippen molar-refractivity contribution < 1.29 is 4.79 Å². The van der Waals surface area contributed by atoms with Gasteiger partial charge in [-0.1, -0.05) is 23.5 Å². The van der Waals surface area contributed by atoms with Crippen LogP contribution in [0.25, 0.3) is 10.2 Å². The van der Waals surface area contributed by atoms with Gasteiger partial charge in [-0.3, -0.25) is 4.79 Å². The molecule has 2 N–H and O–H groups in total. The highest BCUT2D eigenvalue weighted by Crippen LogP contribution is 2.25. The first-order valence-electron chi connectivity index (χ1n) is 8.01. The molecule has 2 aromatic heterocycles. The lowest BCUT2D eigenvalue weighted by atomic mass is 10.3. The number of benzene rings is 1. The van der Waals surface area contributed by atoms with Crippen molar-refractivity contribution in [3.63, 3.8) is 0 Å². The van der Waals surface area contributed by atoms with E-state index in [1.807, 2.05) is 38.2 Å². The number of nitriles is 1. The molecule has 0 bridgehead atoms. The first-order valence-corrected chi connectivity index (χ1v) is 8.82. The highest BCUT2D eigenvalue weighted by atomic mass is 32.1. The van der Waals surface area contributed by atoms with Gasteiger partial charge in [-0.25, -0.2) is 10.4 Å². The van der Waals surface area contributed by atoms with E-state index < -0.39 is 6.04 Å². The molecule has 7 nitrogen and oxygen atoms in total. The number of hydrogen-bond acceptors (Lipinski definition) is 6. The van der Waals surface area contributed by atoms with E-state index in [1.54, 1.807) is 23.8 Å². The Kier molecular flexibility index (Phi) is 5.00. The molecule has 132 valence electrons. The lowest BCUT2D eigenvalue weighted by molar-refractivity contribution is -0.121. The van der Waals surface area contributed by atoms with Gasteiger partial charge in [0.15, 0.2) is 5.13 Å². The number of carbonyl (C=O) groups excluding carboxylic acids is 1. The lowest BCUT2D eigenvalue weighted by Crippen LogP contribution is -2.34. The summed E-state index contributed by atoms with van der Waals surface area (Å²) < 4.78 is 2.84. The Hall–Kier alpha value is -3.18. The molecule has 3 rings (SSSR count). The van der Waals surface area contributed by atoms with E-state index in [0.717, 1.165) is 21.5 Å². The monoisotopic (exact) mass is 366 g/mol. The molecule has 0 aliphatic rings. The molecule has 0 saturated heterocycles. The number of nitrogens with zero attached hydrogens (tertiary/aromatic N) is 4. The van der Waals surface area contributed by atoms with E-state index >= 15 is 0 Å². The van der Waals surface area contributed by atoms with Gasteiger partial charge in [0.25, 0.3) is 5.91 Å². The molecule has 8 heteroatoms. The van der Waals surface area contributed by atoms with Crippen molar-refractivity contribution >= 4 is 38.8 Å². The fourth-order valence-corrected chi connectivity index (χ4v) is 3.36. The van der Waals surface area contributed by atoms with Crippen LogP contribution in [0.1, 0.15) is 23.9 Å². The van der Waals surface area contributed by atoms with Crippen LogP contribution in [0.4, 0.5) is 5.13 Å². The number of carbonyl (C=O) groups is 1. The van der Waals surface area contributed by atoms with Gasteiger partial charge in [-0.15, -0.1) is 0 Å². The van der Waals surface area contributed by atoms with E-state index in [2.05, 4.69) is 26.9 Å². The molecule has 1 atom stereocenters.